The molecule has 1 aromatic heterocycles. The molecule has 0 saturated carbocycles. The van der Waals surface area contributed by atoms with Gasteiger partial charge in [0.05, 0.1) is 5.69 Å². The van der Waals surface area contributed by atoms with E-state index in [4.69, 9.17) is 4.42 Å². The second-order valence-corrected chi connectivity index (χ2v) is 23.2. The largest absolute Gasteiger partial charge is 0.456 e. The van der Waals surface area contributed by atoms with Crippen LogP contribution in [0.2, 0.25) is 0 Å². The summed E-state index contributed by atoms with van der Waals surface area (Å²) in [4.78, 5) is 2.68. The highest BCUT2D eigenvalue weighted by molar-refractivity contribution is 6.74. The van der Waals surface area contributed by atoms with Gasteiger partial charge in [-0.25, -0.2) is 0 Å². The monoisotopic (exact) mass is 836 g/mol. The Morgan fingerprint density at radius 3 is 1.84 bits per heavy atom. The lowest BCUT2D eigenvalue weighted by molar-refractivity contribution is 0.332. The first-order valence-electron chi connectivity index (χ1n) is 23.9. The third kappa shape index (κ3) is 5.53. The zero-order chi connectivity index (χ0) is 44.5. The number of benzene rings is 7. The number of para-hydroxylation sites is 2. The van der Waals surface area contributed by atoms with Gasteiger partial charge in [0, 0.05) is 49.9 Å². The molecule has 320 valence electrons. The van der Waals surface area contributed by atoms with Crippen molar-refractivity contribution in [3.05, 3.63) is 148 Å². The second kappa shape index (κ2) is 13.0. The van der Waals surface area contributed by atoms with Gasteiger partial charge < -0.3 is 14.6 Å². The van der Waals surface area contributed by atoms with Crippen LogP contribution in [0.3, 0.4) is 0 Å². The molecule has 0 amide bonds. The van der Waals surface area contributed by atoms with Crippen molar-refractivity contribution >= 4 is 79.4 Å². The molecular formula is C60H61BN2O. The molecule has 0 radical (unpaired) electrons. The average molecular weight is 837 g/mol. The fourth-order valence-electron chi connectivity index (χ4n) is 12.7. The van der Waals surface area contributed by atoms with Crippen molar-refractivity contribution < 1.29 is 4.42 Å². The van der Waals surface area contributed by atoms with Crippen molar-refractivity contribution in [2.75, 3.05) is 10.2 Å². The van der Waals surface area contributed by atoms with Gasteiger partial charge >= 0.3 is 0 Å². The first-order chi connectivity index (χ1) is 30.3. The topological polar surface area (TPSA) is 28.4 Å². The Kier molecular flexibility index (Phi) is 8.07. The average Bonchev–Trinajstić information content (AvgIpc) is 3.61. The van der Waals surface area contributed by atoms with Crippen LogP contribution < -0.4 is 21.1 Å². The SMILES string of the molecule is Cc1cc2c(cc1N1c3cc4c(cc3Bc3c(-c5cccc6c5Nc5ccccc5C6(C)C)cc5ccccc5c31)oc1cc3c(cc14)C(C)(C)CCC3(C)C)C(C)(C)CCC2(C)C. The molecule has 3 heterocycles. The predicted molar refractivity (Wildman–Crippen MR) is 275 cm³/mol. The molecule has 8 aromatic rings. The molecule has 4 heteroatoms. The molecule has 0 spiro atoms. The summed E-state index contributed by atoms with van der Waals surface area (Å²) in [6.45, 7) is 26.6. The van der Waals surface area contributed by atoms with E-state index in [9.17, 15) is 0 Å². The standard InChI is InChI=1S/C60H61BN2O/c1-34-27-43-45(58(6,7)25-23-56(43,2)3)31-49(34)63-50-30-39-38-29-44-46(59(8,9)26-24-57(44,4)5)32-51(38)64-52(39)33-47(50)61-53-40(28-35-17-12-13-18-36(35)55(53)63)37-19-16-21-42-54(37)62-48-22-15-14-20-41(48)60(42,10)11/h12-22,27-33,61-62H,23-26H2,1-11H3. The highest BCUT2D eigenvalue weighted by Gasteiger charge is 2.41. The highest BCUT2D eigenvalue weighted by Crippen LogP contribution is 2.54. The summed E-state index contributed by atoms with van der Waals surface area (Å²) >= 11 is 0. The summed E-state index contributed by atoms with van der Waals surface area (Å²) < 4.78 is 7.01. The van der Waals surface area contributed by atoms with Crippen molar-refractivity contribution in [1.82, 2.24) is 0 Å². The van der Waals surface area contributed by atoms with E-state index in [-0.39, 0.29) is 27.1 Å². The van der Waals surface area contributed by atoms with E-state index in [2.05, 4.69) is 196 Å². The molecule has 2 aliphatic heterocycles. The van der Waals surface area contributed by atoms with Crippen LogP contribution in [-0.4, -0.2) is 7.28 Å². The minimum atomic E-state index is -0.167. The van der Waals surface area contributed by atoms with Crippen LogP contribution in [0, 0.1) is 6.92 Å². The number of anilines is 5. The number of hydrogen-bond acceptors (Lipinski definition) is 3. The fraction of sp³-hybridized carbons (Fsp3) is 0.333. The van der Waals surface area contributed by atoms with Crippen molar-refractivity contribution in [1.29, 1.82) is 0 Å². The maximum absolute atomic E-state index is 7.01. The van der Waals surface area contributed by atoms with Gasteiger partial charge in [-0.05, 0) is 152 Å². The van der Waals surface area contributed by atoms with E-state index >= 15 is 0 Å². The molecule has 12 rings (SSSR count). The van der Waals surface area contributed by atoms with E-state index in [0.717, 1.165) is 18.4 Å². The summed E-state index contributed by atoms with van der Waals surface area (Å²) in [5.41, 5.74) is 23.4. The third-order valence-corrected chi connectivity index (χ3v) is 16.9. The zero-order valence-corrected chi connectivity index (χ0v) is 39.8. The van der Waals surface area contributed by atoms with Gasteiger partial charge in [-0.2, -0.15) is 0 Å². The number of nitrogens with zero attached hydrogens (tertiary/aromatic N) is 1. The van der Waals surface area contributed by atoms with Crippen molar-refractivity contribution in [2.24, 2.45) is 0 Å². The van der Waals surface area contributed by atoms with Gasteiger partial charge in [0.25, 0.3) is 0 Å². The van der Waals surface area contributed by atoms with E-state index in [1.165, 1.54) is 137 Å². The Balaban J connectivity index is 1.17. The third-order valence-electron chi connectivity index (χ3n) is 16.9. The fourth-order valence-corrected chi connectivity index (χ4v) is 12.7. The first-order valence-corrected chi connectivity index (χ1v) is 23.9. The smallest absolute Gasteiger partial charge is 0.198 e. The summed E-state index contributed by atoms with van der Waals surface area (Å²) in [7, 11) is 0.789. The van der Waals surface area contributed by atoms with Crippen LogP contribution in [0.5, 0.6) is 0 Å². The van der Waals surface area contributed by atoms with Crippen LogP contribution in [0.4, 0.5) is 28.4 Å². The van der Waals surface area contributed by atoms with Gasteiger partial charge in [0.2, 0.25) is 0 Å². The molecule has 2 aliphatic carbocycles. The van der Waals surface area contributed by atoms with Crippen LogP contribution in [0.1, 0.15) is 134 Å². The van der Waals surface area contributed by atoms with Gasteiger partial charge in [0.1, 0.15) is 11.2 Å². The second-order valence-electron chi connectivity index (χ2n) is 23.2. The van der Waals surface area contributed by atoms with Crippen LogP contribution >= 0.6 is 0 Å². The van der Waals surface area contributed by atoms with E-state index in [0.29, 0.717) is 0 Å². The number of fused-ring (bicyclic) bond motifs is 11. The molecule has 0 bridgehead atoms. The Bertz CT molecular complexity index is 3340. The van der Waals surface area contributed by atoms with Crippen LogP contribution in [0.25, 0.3) is 43.8 Å². The quantitative estimate of drug-likeness (QED) is 0.176. The minimum Gasteiger partial charge on any atom is -0.456 e. The molecule has 0 saturated heterocycles. The Labute approximate surface area is 380 Å². The summed E-state index contributed by atoms with van der Waals surface area (Å²) in [6, 6.07) is 42.3. The molecule has 64 heavy (non-hydrogen) atoms. The molecule has 7 aromatic carbocycles. The molecule has 1 N–H and O–H groups in total. The van der Waals surface area contributed by atoms with Gasteiger partial charge in [-0.15, -0.1) is 0 Å². The maximum Gasteiger partial charge on any atom is 0.198 e. The Hall–Kier alpha value is -5.74. The summed E-state index contributed by atoms with van der Waals surface area (Å²) in [5.74, 6) is 0. The number of rotatable bonds is 2. The molecule has 4 aliphatic rings. The van der Waals surface area contributed by atoms with E-state index in [1.807, 2.05) is 0 Å². The Morgan fingerprint density at radius 1 is 0.516 bits per heavy atom. The summed E-state index contributed by atoms with van der Waals surface area (Å²) in [5, 5.41) is 8.94. The van der Waals surface area contributed by atoms with Crippen molar-refractivity contribution in [2.45, 2.75) is 129 Å². The normalized spacial score (nSPS) is 19.1. The molecule has 0 atom stereocenters. The number of aryl methyl sites for hydroxylation is 1. The van der Waals surface area contributed by atoms with E-state index in [1.54, 1.807) is 0 Å². The molecule has 0 fully saturated rings. The maximum atomic E-state index is 7.01. The minimum absolute atomic E-state index is 0.0565. The van der Waals surface area contributed by atoms with Crippen molar-refractivity contribution in [3.8, 4) is 11.1 Å². The van der Waals surface area contributed by atoms with Crippen LogP contribution in [-0.2, 0) is 27.1 Å². The summed E-state index contributed by atoms with van der Waals surface area (Å²) in [6.07, 6.45) is 4.71. The van der Waals surface area contributed by atoms with Gasteiger partial charge in [-0.3, -0.25) is 0 Å². The molecular weight excluding hydrogens is 775 g/mol. The number of hydrogen-bond donors (Lipinski definition) is 1. The lowest BCUT2D eigenvalue weighted by Gasteiger charge is -2.44. The number of furan rings is 1. The molecule has 0 unspecified atom stereocenters. The van der Waals surface area contributed by atoms with Crippen molar-refractivity contribution in [3.63, 3.8) is 0 Å². The first kappa shape index (κ1) is 39.8. The Morgan fingerprint density at radius 2 is 1.11 bits per heavy atom. The zero-order valence-electron chi connectivity index (χ0n) is 39.8. The highest BCUT2D eigenvalue weighted by atomic mass is 16.3. The van der Waals surface area contributed by atoms with Gasteiger partial charge in [-0.1, -0.05) is 141 Å². The predicted octanol–water partition coefficient (Wildman–Crippen LogP) is 15.0. The number of nitrogens with one attached hydrogen (secondary N) is 1. The van der Waals surface area contributed by atoms with Crippen LogP contribution in [0.15, 0.2) is 114 Å². The van der Waals surface area contributed by atoms with Gasteiger partial charge in [0.15, 0.2) is 7.28 Å². The lowest BCUT2D eigenvalue weighted by Crippen LogP contribution is -2.42. The van der Waals surface area contributed by atoms with E-state index < -0.39 is 0 Å². The molecule has 3 nitrogen and oxygen atoms in total. The lowest BCUT2D eigenvalue weighted by atomic mass is 9.57.